The molecule has 48 valence electrons. The Morgan fingerprint density at radius 1 is 1.38 bits per heavy atom. The van der Waals surface area contributed by atoms with Crippen LogP contribution in [0.4, 0.5) is 0 Å². The van der Waals surface area contributed by atoms with Crippen LogP contribution in [0.5, 0.6) is 0 Å². The zero-order valence-electron chi connectivity index (χ0n) is 5.00. The van der Waals surface area contributed by atoms with Gasteiger partial charge in [-0.05, 0) is 0 Å². The van der Waals surface area contributed by atoms with Crippen molar-refractivity contribution in [2.45, 2.75) is 13.8 Å². The Bertz CT molecular complexity index is 58.7. The lowest BCUT2D eigenvalue weighted by molar-refractivity contribution is -0.122. The predicted molar refractivity (Wildman–Crippen MR) is 29.6 cm³/mol. The maximum Gasteiger partial charge on any atom is 0.290 e. The minimum Gasteiger partial charge on any atom is -0.483 e. The zero-order valence-corrected chi connectivity index (χ0v) is 5.00. The third-order valence-corrected chi connectivity index (χ3v) is 0.272. The molecule has 8 heavy (non-hydrogen) atoms. The molecule has 0 aromatic heterocycles. The first-order valence-corrected chi connectivity index (χ1v) is 2.22. The van der Waals surface area contributed by atoms with E-state index in [0.717, 1.165) is 6.29 Å². The van der Waals surface area contributed by atoms with E-state index in [0.29, 0.717) is 0 Å². The standard InChI is InChI=1S/C4H8O.CH2O2/c1-4(2)3-5;2-1-3/h3-4H,1-2H3;1H,(H,2,3). The number of carbonyl (C=O) groups excluding carboxylic acids is 1. The van der Waals surface area contributed by atoms with Gasteiger partial charge in [-0.3, -0.25) is 4.79 Å². The van der Waals surface area contributed by atoms with Gasteiger partial charge in [-0.15, -0.1) is 0 Å². The van der Waals surface area contributed by atoms with Crippen LogP contribution in [0.25, 0.3) is 0 Å². The number of carboxylic acid groups (broad SMARTS) is 1. The largest absolute Gasteiger partial charge is 0.483 e. The van der Waals surface area contributed by atoms with Gasteiger partial charge in [0, 0.05) is 5.92 Å². The van der Waals surface area contributed by atoms with E-state index in [4.69, 9.17) is 9.90 Å². The van der Waals surface area contributed by atoms with Crippen LogP contribution >= 0.6 is 0 Å². The van der Waals surface area contributed by atoms with E-state index in [1.807, 2.05) is 13.8 Å². The SMILES string of the molecule is CC(C)C=O.O=CO. The summed E-state index contributed by atoms with van der Waals surface area (Å²) in [6.45, 7) is 3.46. The summed E-state index contributed by atoms with van der Waals surface area (Å²) in [7, 11) is 0. The lowest BCUT2D eigenvalue weighted by Crippen LogP contribution is -1.82. The quantitative estimate of drug-likeness (QED) is 0.511. The second-order valence-electron chi connectivity index (χ2n) is 1.49. The Labute approximate surface area is 48.3 Å². The maximum atomic E-state index is 9.50. The maximum absolute atomic E-state index is 9.50. The highest BCUT2D eigenvalue weighted by Crippen LogP contribution is 1.78. The van der Waals surface area contributed by atoms with Gasteiger partial charge in [0.25, 0.3) is 6.47 Å². The average Bonchev–Trinajstić information content (AvgIpc) is 1.69. The summed E-state index contributed by atoms with van der Waals surface area (Å²) in [5.41, 5.74) is 0. The molecule has 0 aromatic carbocycles. The first kappa shape index (κ1) is 10.2. The Kier molecular flexibility index (Phi) is 12.1. The van der Waals surface area contributed by atoms with Crippen molar-refractivity contribution in [3.05, 3.63) is 0 Å². The van der Waals surface area contributed by atoms with Crippen molar-refractivity contribution < 1.29 is 14.7 Å². The summed E-state index contributed by atoms with van der Waals surface area (Å²) in [6, 6.07) is 0. The molecule has 0 aliphatic heterocycles. The molecule has 0 amide bonds. The van der Waals surface area contributed by atoms with Crippen molar-refractivity contribution in [1.29, 1.82) is 0 Å². The van der Waals surface area contributed by atoms with E-state index in [9.17, 15) is 4.79 Å². The highest BCUT2D eigenvalue weighted by molar-refractivity contribution is 5.51. The van der Waals surface area contributed by atoms with Crippen molar-refractivity contribution in [2.24, 2.45) is 5.92 Å². The molecule has 0 atom stereocenters. The van der Waals surface area contributed by atoms with Gasteiger partial charge in [0.1, 0.15) is 6.29 Å². The van der Waals surface area contributed by atoms with Crippen LogP contribution in [0, 0.1) is 5.92 Å². The Morgan fingerprint density at radius 3 is 1.50 bits per heavy atom. The van der Waals surface area contributed by atoms with Gasteiger partial charge in [-0.2, -0.15) is 0 Å². The molecule has 0 radical (unpaired) electrons. The van der Waals surface area contributed by atoms with E-state index in [1.54, 1.807) is 0 Å². The highest BCUT2D eigenvalue weighted by Gasteiger charge is 1.79. The smallest absolute Gasteiger partial charge is 0.290 e. The second-order valence-corrected chi connectivity index (χ2v) is 1.49. The van der Waals surface area contributed by atoms with Gasteiger partial charge in [-0.25, -0.2) is 0 Å². The molecule has 0 fully saturated rings. The van der Waals surface area contributed by atoms with Crippen LogP contribution in [0.2, 0.25) is 0 Å². The molecule has 3 nitrogen and oxygen atoms in total. The van der Waals surface area contributed by atoms with Crippen molar-refractivity contribution in [2.75, 3.05) is 0 Å². The van der Waals surface area contributed by atoms with Crippen LogP contribution in [0.1, 0.15) is 13.8 Å². The third-order valence-electron chi connectivity index (χ3n) is 0.272. The van der Waals surface area contributed by atoms with Crippen molar-refractivity contribution >= 4 is 12.8 Å². The molecular weight excluding hydrogens is 108 g/mol. The number of hydrogen-bond acceptors (Lipinski definition) is 2. The van der Waals surface area contributed by atoms with Gasteiger partial charge in [-0.1, -0.05) is 13.8 Å². The van der Waals surface area contributed by atoms with Crippen LogP contribution < -0.4 is 0 Å². The normalized spacial score (nSPS) is 6.88. The molecule has 0 aromatic rings. The van der Waals surface area contributed by atoms with Crippen molar-refractivity contribution in [3.63, 3.8) is 0 Å². The minimum absolute atomic E-state index is 0.204. The highest BCUT2D eigenvalue weighted by atomic mass is 16.3. The summed E-state index contributed by atoms with van der Waals surface area (Å²) in [5.74, 6) is 0.204. The molecular formula is C5H10O3. The number of hydrogen-bond donors (Lipinski definition) is 1. The minimum atomic E-state index is -0.250. The van der Waals surface area contributed by atoms with Gasteiger partial charge in [0.15, 0.2) is 0 Å². The van der Waals surface area contributed by atoms with E-state index in [1.165, 1.54) is 0 Å². The lowest BCUT2D eigenvalue weighted by Gasteiger charge is -1.78. The van der Waals surface area contributed by atoms with E-state index >= 15 is 0 Å². The molecule has 0 heterocycles. The van der Waals surface area contributed by atoms with Gasteiger partial charge >= 0.3 is 0 Å². The summed E-state index contributed by atoms with van der Waals surface area (Å²) in [4.78, 5) is 17.9. The molecule has 0 aliphatic rings. The molecule has 0 spiro atoms. The monoisotopic (exact) mass is 118 g/mol. The molecule has 0 bridgehead atoms. The third kappa shape index (κ3) is 67.8. The van der Waals surface area contributed by atoms with Gasteiger partial charge in [0.05, 0.1) is 0 Å². The zero-order chi connectivity index (χ0) is 6.99. The summed E-state index contributed by atoms with van der Waals surface area (Å²) in [6.07, 6.45) is 0.917. The van der Waals surface area contributed by atoms with Crippen molar-refractivity contribution in [3.8, 4) is 0 Å². The fraction of sp³-hybridized carbons (Fsp3) is 0.600. The van der Waals surface area contributed by atoms with Gasteiger partial charge < -0.3 is 9.90 Å². The number of rotatable bonds is 1. The fourth-order valence-corrected chi connectivity index (χ4v) is 0. The Morgan fingerprint density at radius 2 is 1.50 bits per heavy atom. The molecule has 0 unspecified atom stereocenters. The molecule has 1 N–H and O–H groups in total. The Hall–Kier alpha value is -0.860. The first-order chi connectivity index (χ1) is 3.68. The van der Waals surface area contributed by atoms with E-state index in [2.05, 4.69) is 0 Å². The van der Waals surface area contributed by atoms with Crippen LogP contribution in [-0.2, 0) is 9.59 Å². The average molecular weight is 118 g/mol. The van der Waals surface area contributed by atoms with Crippen molar-refractivity contribution in [1.82, 2.24) is 0 Å². The lowest BCUT2D eigenvalue weighted by atomic mass is 10.3. The van der Waals surface area contributed by atoms with E-state index in [-0.39, 0.29) is 12.4 Å². The van der Waals surface area contributed by atoms with Gasteiger partial charge in [0.2, 0.25) is 0 Å². The van der Waals surface area contributed by atoms with Crippen LogP contribution in [0.15, 0.2) is 0 Å². The van der Waals surface area contributed by atoms with Crippen LogP contribution in [0.3, 0.4) is 0 Å². The first-order valence-electron chi connectivity index (χ1n) is 2.22. The summed E-state index contributed by atoms with van der Waals surface area (Å²) in [5, 5.41) is 6.89. The molecule has 3 heteroatoms. The number of carbonyl (C=O) groups is 2. The fourth-order valence-electron chi connectivity index (χ4n) is 0. The molecule has 0 rings (SSSR count). The van der Waals surface area contributed by atoms with Crippen LogP contribution in [-0.4, -0.2) is 17.9 Å². The second kappa shape index (κ2) is 9.46. The Balaban J connectivity index is 0. The summed E-state index contributed by atoms with van der Waals surface area (Å²) >= 11 is 0. The topological polar surface area (TPSA) is 54.4 Å². The molecule has 0 saturated carbocycles. The predicted octanol–water partition coefficient (Wildman–Crippen LogP) is 0.542. The summed E-state index contributed by atoms with van der Waals surface area (Å²) < 4.78 is 0. The van der Waals surface area contributed by atoms with E-state index < -0.39 is 0 Å². The molecule has 0 saturated heterocycles. The number of aldehydes is 1. The molecule has 0 aliphatic carbocycles.